The number of hydrogen-bond acceptors (Lipinski definition) is 3. The smallest absolute Gasteiger partial charge is 0.268 e. The Labute approximate surface area is 83.4 Å². The minimum absolute atomic E-state index is 0.181. The molecule has 1 N–H and O–H groups in total. The van der Waals surface area contributed by atoms with Gasteiger partial charge in [0.05, 0.1) is 6.61 Å². The average molecular weight is 200 g/mol. The van der Waals surface area contributed by atoms with Gasteiger partial charge in [-0.25, -0.2) is 5.06 Å². The molecule has 1 fully saturated rings. The van der Waals surface area contributed by atoms with E-state index in [9.17, 15) is 9.59 Å². The molecule has 2 amide bonds. The number of carbonyl (C=O) groups is 2. The summed E-state index contributed by atoms with van der Waals surface area (Å²) in [6.07, 6.45) is 1.94. The van der Waals surface area contributed by atoms with Gasteiger partial charge in [0.15, 0.2) is 0 Å². The van der Waals surface area contributed by atoms with Crippen LogP contribution in [0.1, 0.15) is 26.7 Å². The number of amides is 2. The molecular weight excluding hydrogens is 184 g/mol. The van der Waals surface area contributed by atoms with Gasteiger partial charge in [-0.2, -0.15) is 0 Å². The Balaban J connectivity index is 2.42. The van der Waals surface area contributed by atoms with E-state index in [0.29, 0.717) is 13.2 Å². The van der Waals surface area contributed by atoms with Crippen molar-refractivity contribution in [2.45, 2.75) is 32.7 Å². The van der Waals surface area contributed by atoms with Crippen LogP contribution >= 0.6 is 0 Å². The normalized spacial score (nSPS) is 18.9. The maximum Gasteiger partial charge on any atom is 0.268 e. The largest absolute Gasteiger partial charge is 0.345 e. The van der Waals surface area contributed by atoms with Gasteiger partial charge in [0.25, 0.3) is 5.91 Å². The van der Waals surface area contributed by atoms with E-state index in [4.69, 9.17) is 4.84 Å². The summed E-state index contributed by atoms with van der Waals surface area (Å²) >= 11 is 0. The fraction of sp³-hybridized carbons (Fsp3) is 0.778. The van der Waals surface area contributed by atoms with Crippen molar-refractivity contribution in [3.05, 3.63) is 0 Å². The molecule has 1 rings (SSSR count). The highest BCUT2D eigenvalue weighted by Gasteiger charge is 2.23. The summed E-state index contributed by atoms with van der Waals surface area (Å²) in [7, 11) is 0. The van der Waals surface area contributed by atoms with Crippen molar-refractivity contribution in [1.29, 1.82) is 0 Å². The predicted molar refractivity (Wildman–Crippen MR) is 50.2 cm³/mol. The fourth-order valence-electron chi connectivity index (χ4n) is 1.35. The highest BCUT2D eigenvalue weighted by atomic mass is 16.7. The SMILES string of the molecule is CC(=O)NC(C)C(=O)N1CCCCO1. The van der Waals surface area contributed by atoms with E-state index >= 15 is 0 Å². The monoisotopic (exact) mass is 200 g/mol. The van der Waals surface area contributed by atoms with Gasteiger partial charge in [-0.3, -0.25) is 14.4 Å². The first-order valence-electron chi connectivity index (χ1n) is 4.82. The van der Waals surface area contributed by atoms with E-state index in [1.54, 1.807) is 6.92 Å². The van der Waals surface area contributed by atoms with Crippen molar-refractivity contribution < 1.29 is 14.4 Å². The van der Waals surface area contributed by atoms with Crippen LogP contribution in [0, 0.1) is 0 Å². The van der Waals surface area contributed by atoms with Gasteiger partial charge in [-0.15, -0.1) is 0 Å². The van der Waals surface area contributed by atoms with Crippen molar-refractivity contribution in [2.24, 2.45) is 0 Å². The van der Waals surface area contributed by atoms with Crippen LogP contribution in [-0.4, -0.2) is 36.1 Å². The van der Waals surface area contributed by atoms with Gasteiger partial charge in [0, 0.05) is 13.5 Å². The first-order valence-corrected chi connectivity index (χ1v) is 4.82. The number of hydrogen-bond donors (Lipinski definition) is 1. The molecule has 80 valence electrons. The second-order valence-electron chi connectivity index (χ2n) is 3.40. The van der Waals surface area contributed by atoms with E-state index < -0.39 is 6.04 Å². The lowest BCUT2D eigenvalue weighted by atomic mass is 10.2. The molecule has 5 heteroatoms. The highest BCUT2D eigenvalue weighted by molar-refractivity contribution is 5.85. The zero-order chi connectivity index (χ0) is 10.6. The predicted octanol–water partition coefficient (Wildman–Crippen LogP) is 0.0650. The number of nitrogens with zero attached hydrogens (tertiary/aromatic N) is 1. The number of hydroxylamine groups is 2. The van der Waals surface area contributed by atoms with Crippen LogP contribution < -0.4 is 5.32 Å². The van der Waals surface area contributed by atoms with E-state index in [2.05, 4.69) is 5.32 Å². The molecule has 1 atom stereocenters. The van der Waals surface area contributed by atoms with Crippen LogP contribution in [0.5, 0.6) is 0 Å². The lowest BCUT2D eigenvalue weighted by molar-refractivity contribution is -0.198. The molecule has 1 aliphatic heterocycles. The van der Waals surface area contributed by atoms with Crippen LogP contribution in [0.15, 0.2) is 0 Å². The summed E-state index contributed by atoms with van der Waals surface area (Å²) in [5.74, 6) is -0.386. The first-order chi connectivity index (χ1) is 6.61. The zero-order valence-electron chi connectivity index (χ0n) is 8.58. The maximum atomic E-state index is 11.6. The molecular formula is C9H16N2O3. The van der Waals surface area contributed by atoms with Crippen LogP contribution in [-0.2, 0) is 14.4 Å². The Morgan fingerprint density at radius 3 is 2.64 bits per heavy atom. The van der Waals surface area contributed by atoms with Crippen molar-refractivity contribution in [3.63, 3.8) is 0 Å². The quantitative estimate of drug-likeness (QED) is 0.686. The Kier molecular flexibility index (Phi) is 3.88. The molecule has 1 unspecified atom stereocenters. The van der Waals surface area contributed by atoms with E-state index in [0.717, 1.165) is 12.8 Å². The Hall–Kier alpha value is -1.10. The third-order valence-corrected chi connectivity index (χ3v) is 2.04. The maximum absolute atomic E-state index is 11.6. The molecule has 1 aliphatic rings. The topological polar surface area (TPSA) is 58.6 Å². The number of carbonyl (C=O) groups excluding carboxylic acids is 2. The second kappa shape index (κ2) is 4.95. The standard InChI is InChI=1S/C9H16N2O3/c1-7(10-8(2)12)9(13)11-5-3-4-6-14-11/h7H,3-6H2,1-2H3,(H,10,12). The van der Waals surface area contributed by atoms with Gasteiger partial charge < -0.3 is 5.32 Å². The summed E-state index contributed by atoms with van der Waals surface area (Å²) in [6, 6.07) is -0.509. The van der Waals surface area contributed by atoms with Gasteiger partial charge in [0.1, 0.15) is 6.04 Å². The average Bonchev–Trinajstić information content (AvgIpc) is 2.17. The van der Waals surface area contributed by atoms with E-state index in [1.165, 1.54) is 12.0 Å². The van der Waals surface area contributed by atoms with E-state index in [1.807, 2.05) is 0 Å². The Bertz CT molecular complexity index is 224. The van der Waals surface area contributed by atoms with E-state index in [-0.39, 0.29) is 11.8 Å². The summed E-state index contributed by atoms with van der Waals surface area (Å²) in [6.45, 7) is 4.24. The molecule has 14 heavy (non-hydrogen) atoms. The van der Waals surface area contributed by atoms with Gasteiger partial charge in [-0.1, -0.05) is 0 Å². The molecule has 1 saturated heterocycles. The van der Waals surface area contributed by atoms with Crippen LogP contribution in [0.25, 0.3) is 0 Å². The summed E-state index contributed by atoms with van der Waals surface area (Å²) in [4.78, 5) is 27.5. The molecule has 0 spiro atoms. The molecule has 5 nitrogen and oxygen atoms in total. The molecule has 0 aromatic rings. The molecule has 0 aromatic heterocycles. The Morgan fingerprint density at radius 2 is 2.14 bits per heavy atom. The molecule has 0 aliphatic carbocycles. The number of rotatable bonds is 2. The Morgan fingerprint density at radius 1 is 1.43 bits per heavy atom. The highest BCUT2D eigenvalue weighted by Crippen LogP contribution is 2.07. The third kappa shape index (κ3) is 2.99. The minimum Gasteiger partial charge on any atom is -0.345 e. The molecule has 1 heterocycles. The van der Waals surface area contributed by atoms with Crippen molar-refractivity contribution in [2.75, 3.05) is 13.2 Å². The second-order valence-corrected chi connectivity index (χ2v) is 3.40. The molecule has 0 bridgehead atoms. The molecule has 0 aromatic carbocycles. The lowest BCUT2D eigenvalue weighted by Gasteiger charge is -2.28. The first kappa shape index (κ1) is 11.0. The summed E-state index contributed by atoms with van der Waals surface area (Å²) < 4.78 is 0. The van der Waals surface area contributed by atoms with Crippen LogP contribution in [0.2, 0.25) is 0 Å². The number of nitrogens with one attached hydrogen (secondary N) is 1. The van der Waals surface area contributed by atoms with Crippen molar-refractivity contribution in [1.82, 2.24) is 10.4 Å². The fourth-order valence-corrected chi connectivity index (χ4v) is 1.35. The third-order valence-electron chi connectivity index (χ3n) is 2.04. The summed E-state index contributed by atoms with van der Waals surface area (Å²) in [5, 5.41) is 3.87. The zero-order valence-corrected chi connectivity index (χ0v) is 8.58. The van der Waals surface area contributed by atoms with Crippen molar-refractivity contribution >= 4 is 11.8 Å². The molecule has 0 radical (unpaired) electrons. The molecule has 0 saturated carbocycles. The summed E-state index contributed by atoms with van der Waals surface area (Å²) in [5.41, 5.74) is 0. The lowest BCUT2D eigenvalue weighted by Crippen LogP contribution is -2.47. The minimum atomic E-state index is -0.509. The van der Waals surface area contributed by atoms with Gasteiger partial charge in [-0.05, 0) is 19.8 Å². The van der Waals surface area contributed by atoms with Crippen LogP contribution in [0.4, 0.5) is 0 Å². The van der Waals surface area contributed by atoms with Gasteiger partial charge in [0.2, 0.25) is 5.91 Å². The van der Waals surface area contributed by atoms with Crippen molar-refractivity contribution in [3.8, 4) is 0 Å². The van der Waals surface area contributed by atoms with Gasteiger partial charge >= 0.3 is 0 Å². The van der Waals surface area contributed by atoms with Crippen LogP contribution in [0.3, 0.4) is 0 Å².